The molecule has 0 amide bonds. The van der Waals surface area contributed by atoms with Gasteiger partial charge in [0, 0.05) is 34.1 Å². The van der Waals surface area contributed by atoms with E-state index in [9.17, 15) is 0 Å². The first-order valence-corrected chi connectivity index (χ1v) is 7.84. The third-order valence-electron chi connectivity index (χ3n) is 2.68. The average Bonchev–Trinajstić information content (AvgIpc) is 2.81. The molecular weight excluding hydrogens is 299 g/mol. The number of benzene rings is 1. The molecule has 0 atom stereocenters. The van der Waals surface area contributed by atoms with Crippen LogP contribution in [0.25, 0.3) is 0 Å². The molecule has 0 bridgehead atoms. The molecule has 2 rings (SSSR count). The second-order valence-corrected chi connectivity index (χ2v) is 6.35. The van der Waals surface area contributed by atoms with E-state index in [2.05, 4.69) is 17.2 Å². The van der Waals surface area contributed by atoms with Crippen LogP contribution in [0, 0.1) is 0 Å². The minimum atomic E-state index is 0.664. The van der Waals surface area contributed by atoms with Crippen molar-refractivity contribution in [3.63, 3.8) is 0 Å². The minimum absolute atomic E-state index is 0.664. The van der Waals surface area contributed by atoms with E-state index in [0.29, 0.717) is 10.0 Å². The molecule has 5 heteroatoms. The maximum absolute atomic E-state index is 6.17. The number of nitrogens with zero attached hydrogens (tertiary/aromatic N) is 1. The molecule has 1 N–H and O–H groups in total. The fourth-order valence-corrected chi connectivity index (χ4v) is 3.12. The van der Waals surface area contributed by atoms with Crippen molar-refractivity contribution in [1.82, 2.24) is 10.3 Å². The fourth-order valence-electron chi connectivity index (χ4n) is 1.73. The highest BCUT2D eigenvalue weighted by Crippen LogP contribution is 2.25. The number of hydrogen-bond donors (Lipinski definition) is 1. The third-order valence-corrected chi connectivity index (χ3v) is 4.27. The van der Waals surface area contributed by atoms with E-state index in [-0.39, 0.29) is 0 Å². The molecule has 0 aliphatic carbocycles. The topological polar surface area (TPSA) is 24.9 Å². The number of halogens is 2. The summed E-state index contributed by atoms with van der Waals surface area (Å²) in [6, 6.07) is 5.59. The van der Waals surface area contributed by atoms with Crippen LogP contribution in [0.15, 0.2) is 24.4 Å². The van der Waals surface area contributed by atoms with Crippen molar-refractivity contribution in [3.05, 3.63) is 49.9 Å². The van der Waals surface area contributed by atoms with Gasteiger partial charge in [0.25, 0.3) is 0 Å². The molecule has 2 aromatic rings. The van der Waals surface area contributed by atoms with Gasteiger partial charge in [0.1, 0.15) is 0 Å². The molecule has 0 saturated carbocycles. The van der Waals surface area contributed by atoms with E-state index in [1.807, 2.05) is 18.3 Å². The second-order valence-electron chi connectivity index (χ2n) is 4.31. The number of thiazole rings is 1. The van der Waals surface area contributed by atoms with Gasteiger partial charge >= 0.3 is 0 Å². The van der Waals surface area contributed by atoms with Gasteiger partial charge in [-0.15, -0.1) is 11.3 Å². The van der Waals surface area contributed by atoms with E-state index in [0.717, 1.165) is 36.5 Å². The van der Waals surface area contributed by atoms with Crippen LogP contribution in [0.5, 0.6) is 0 Å². The van der Waals surface area contributed by atoms with E-state index in [4.69, 9.17) is 23.2 Å². The highest BCUT2D eigenvalue weighted by atomic mass is 35.5. The molecule has 1 heterocycles. The van der Waals surface area contributed by atoms with Crippen LogP contribution in [0.3, 0.4) is 0 Å². The van der Waals surface area contributed by atoms with Crippen molar-refractivity contribution < 1.29 is 0 Å². The van der Waals surface area contributed by atoms with Gasteiger partial charge in [0.2, 0.25) is 0 Å². The highest BCUT2D eigenvalue weighted by molar-refractivity contribution is 7.11. The Bertz CT molecular complexity index is 540. The summed E-state index contributed by atoms with van der Waals surface area (Å²) in [5.41, 5.74) is 1.06. The van der Waals surface area contributed by atoms with Gasteiger partial charge in [-0.05, 0) is 30.7 Å². The largest absolute Gasteiger partial charge is 0.312 e. The normalized spacial score (nSPS) is 10.9. The van der Waals surface area contributed by atoms with Gasteiger partial charge in [-0.25, -0.2) is 4.98 Å². The van der Waals surface area contributed by atoms with Gasteiger partial charge in [0.05, 0.1) is 5.01 Å². The van der Waals surface area contributed by atoms with Crippen LogP contribution in [0.4, 0.5) is 0 Å². The summed E-state index contributed by atoms with van der Waals surface area (Å²) in [7, 11) is 0. The summed E-state index contributed by atoms with van der Waals surface area (Å²) < 4.78 is 0. The van der Waals surface area contributed by atoms with Crippen LogP contribution in [-0.4, -0.2) is 11.5 Å². The number of hydrogen-bond acceptors (Lipinski definition) is 3. The number of nitrogens with one attached hydrogen (secondary N) is 1. The lowest BCUT2D eigenvalue weighted by Gasteiger charge is -2.02. The number of rotatable bonds is 6. The van der Waals surface area contributed by atoms with Gasteiger partial charge in [0.15, 0.2) is 0 Å². The molecule has 19 heavy (non-hydrogen) atoms. The van der Waals surface area contributed by atoms with Crippen LogP contribution in [0.1, 0.15) is 28.8 Å². The Kier molecular flexibility index (Phi) is 5.64. The zero-order valence-corrected chi connectivity index (χ0v) is 13.1. The molecule has 0 aliphatic rings. The molecule has 0 spiro atoms. The fraction of sp³-hybridized carbons (Fsp3) is 0.357. The minimum Gasteiger partial charge on any atom is -0.312 e. The summed E-state index contributed by atoms with van der Waals surface area (Å²) in [6.45, 7) is 4.09. The molecule has 0 aliphatic heterocycles. The SMILES string of the molecule is CCCNCc1cnc(Cc2ccc(Cl)cc2Cl)s1. The van der Waals surface area contributed by atoms with Gasteiger partial charge in [-0.1, -0.05) is 36.2 Å². The summed E-state index contributed by atoms with van der Waals surface area (Å²) >= 11 is 13.8. The van der Waals surface area contributed by atoms with Crippen LogP contribution in [0.2, 0.25) is 10.0 Å². The molecule has 0 saturated heterocycles. The summed E-state index contributed by atoms with van der Waals surface area (Å²) in [6.07, 6.45) is 3.84. The zero-order valence-electron chi connectivity index (χ0n) is 10.7. The maximum atomic E-state index is 6.17. The molecule has 1 aromatic carbocycles. The first-order chi connectivity index (χ1) is 9.19. The first kappa shape index (κ1) is 14.8. The molecule has 0 unspecified atom stereocenters. The van der Waals surface area contributed by atoms with Crippen LogP contribution < -0.4 is 5.32 Å². The average molecular weight is 315 g/mol. The Morgan fingerprint density at radius 1 is 1.32 bits per heavy atom. The van der Waals surface area contributed by atoms with Crippen molar-refractivity contribution in [2.45, 2.75) is 26.3 Å². The van der Waals surface area contributed by atoms with E-state index in [1.54, 1.807) is 17.4 Å². The molecule has 102 valence electrons. The zero-order chi connectivity index (χ0) is 13.7. The lowest BCUT2D eigenvalue weighted by Crippen LogP contribution is -2.12. The smallest absolute Gasteiger partial charge is 0.0972 e. The highest BCUT2D eigenvalue weighted by Gasteiger charge is 2.06. The van der Waals surface area contributed by atoms with Gasteiger partial charge in [-0.3, -0.25) is 0 Å². The van der Waals surface area contributed by atoms with Crippen molar-refractivity contribution in [2.24, 2.45) is 0 Å². The Morgan fingerprint density at radius 2 is 2.16 bits per heavy atom. The Morgan fingerprint density at radius 3 is 2.89 bits per heavy atom. The van der Waals surface area contributed by atoms with Crippen molar-refractivity contribution in [3.8, 4) is 0 Å². The molecule has 1 aromatic heterocycles. The second kappa shape index (κ2) is 7.25. The predicted molar refractivity (Wildman–Crippen MR) is 83.4 cm³/mol. The van der Waals surface area contributed by atoms with Crippen molar-refractivity contribution in [1.29, 1.82) is 0 Å². The monoisotopic (exact) mass is 314 g/mol. The van der Waals surface area contributed by atoms with E-state index < -0.39 is 0 Å². The maximum Gasteiger partial charge on any atom is 0.0972 e. The Labute approximate surface area is 127 Å². The van der Waals surface area contributed by atoms with Crippen LogP contribution in [-0.2, 0) is 13.0 Å². The standard InChI is InChI=1S/C14H16Cl2N2S/c1-2-5-17-8-12-9-18-14(19-12)6-10-3-4-11(15)7-13(10)16/h3-4,7,9,17H,2,5-6,8H2,1H3. The van der Waals surface area contributed by atoms with E-state index >= 15 is 0 Å². The summed E-state index contributed by atoms with van der Waals surface area (Å²) in [4.78, 5) is 5.70. The predicted octanol–water partition coefficient (Wildman–Crippen LogP) is 4.54. The Balaban J connectivity index is 1.99. The van der Waals surface area contributed by atoms with Gasteiger partial charge in [-0.2, -0.15) is 0 Å². The van der Waals surface area contributed by atoms with E-state index in [1.165, 1.54) is 4.88 Å². The molecular formula is C14H16Cl2N2S. The third kappa shape index (κ3) is 4.46. The first-order valence-electron chi connectivity index (χ1n) is 6.27. The summed E-state index contributed by atoms with van der Waals surface area (Å²) in [5.74, 6) is 0. The van der Waals surface area contributed by atoms with Gasteiger partial charge < -0.3 is 5.32 Å². The Hall–Kier alpha value is -0.610. The lowest BCUT2D eigenvalue weighted by atomic mass is 10.1. The van der Waals surface area contributed by atoms with Crippen molar-refractivity contribution in [2.75, 3.05) is 6.54 Å². The van der Waals surface area contributed by atoms with Crippen molar-refractivity contribution >= 4 is 34.5 Å². The lowest BCUT2D eigenvalue weighted by molar-refractivity contribution is 0.681. The molecule has 0 radical (unpaired) electrons. The number of aromatic nitrogens is 1. The molecule has 0 fully saturated rings. The molecule has 2 nitrogen and oxygen atoms in total. The summed E-state index contributed by atoms with van der Waals surface area (Å²) in [5, 5.41) is 5.82. The van der Waals surface area contributed by atoms with Crippen LogP contribution >= 0.6 is 34.5 Å². The quantitative estimate of drug-likeness (QED) is 0.792.